The minimum atomic E-state index is -3.62. The van der Waals surface area contributed by atoms with Crippen molar-refractivity contribution in [3.63, 3.8) is 0 Å². The number of H-pyrrole nitrogens is 1. The molecule has 1 amide bonds. The summed E-state index contributed by atoms with van der Waals surface area (Å²) in [6.45, 7) is 4.37. The fourth-order valence-electron chi connectivity index (χ4n) is 4.19. The molecule has 0 radical (unpaired) electrons. The maximum Gasteiger partial charge on any atom is 0.243 e. The molecule has 162 valence electrons. The molecule has 1 aromatic carbocycles. The van der Waals surface area contributed by atoms with E-state index >= 15 is 0 Å². The lowest BCUT2D eigenvalue weighted by Gasteiger charge is -2.27. The van der Waals surface area contributed by atoms with Crippen LogP contribution in [0, 0.1) is 6.92 Å². The van der Waals surface area contributed by atoms with E-state index in [0.29, 0.717) is 37.6 Å². The maximum absolute atomic E-state index is 13.0. The normalized spacial score (nSPS) is 21.0. The lowest BCUT2D eigenvalue weighted by atomic mass is 10.1. The molecular formula is C21H28N4O4S. The van der Waals surface area contributed by atoms with Crippen LogP contribution in [0.1, 0.15) is 30.1 Å². The largest absolute Gasteiger partial charge is 0.379 e. The average Bonchev–Trinajstić information content (AvgIpc) is 3.41. The van der Waals surface area contributed by atoms with Gasteiger partial charge in [-0.1, -0.05) is 6.07 Å². The van der Waals surface area contributed by atoms with Crippen molar-refractivity contribution < 1.29 is 17.9 Å². The number of sulfonamides is 1. The fourth-order valence-corrected chi connectivity index (χ4v) is 5.84. The number of nitrogens with one attached hydrogen (secondary N) is 2. The summed E-state index contributed by atoms with van der Waals surface area (Å²) in [6.07, 6.45) is 3.96. The molecule has 2 aliphatic rings. The van der Waals surface area contributed by atoms with Crippen LogP contribution in [0.2, 0.25) is 0 Å². The summed E-state index contributed by atoms with van der Waals surface area (Å²) in [6, 6.07) is 9.27. The number of benzene rings is 1. The molecule has 1 atom stereocenters. The van der Waals surface area contributed by atoms with E-state index in [0.717, 1.165) is 25.1 Å². The second kappa shape index (κ2) is 8.89. The van der Waals surface area contributed by atoms with Crippen molar-refractivity contribution in [2.24, 2.45) is 0 Å². The molecule has 1 aromatic heterocycles. The van der Waals surface area contributed by atoms with Crippen molar-refractivity contribution in [1.29, 1.82) is 0 Å². The molecule has 3 heterocycles. The van der Waals surface area contributed by atoms with Crippen molar-refractivity contribution in [3.8, 4) is 0 Å². The lowest BCUT2D eigenvalue weighted by molar-refractivity contribution is -0.117. The van der Waals surface area contributed by atoms with Crippen molar-refractivity contribution >= 4 is 21.6 Å². The number of hydrogen-bond acceptors (Lipinski definition) is 5. The van der Waals surface area contributed by atoms with E-state index < -0.39 is 10.0 Å². The van der Waals surface area contributed by atoms with Crippen molar-refractivity contribution in [2.45, 2.75) is 30.7 Å². The molecule has 1 unspecified atom stereocenters. The van der Waals surface area contributed by atoms with E-state index in [1.165, 1.54) is 4.31 Å². The standard InChI is InChI=1S/C21H28N4O4S/c1-16-6-7-17(14-20(16)30(27,28)25-10-12-29-13-11-25)23-21(26)15-24-9-3-5-19(24)18-4-2-8-22-18/h2,4,6-8,14,19,22H,3,5,9-13,15H2,1H3,(H,23,26). The Morgan fingerprint density at radius 2 is 2.03 bits per heavy atom. The summed E-state index contributed by atoms with van der Waals surface area (Å²) in [5, 5.41) is 2.88. The van der Waals surface area contributed by atoms with E-state index in [-0.39, 0.29) is 23.4 Å². The summed E-state index contributed by atoms with van der Waals surface area (Å²) in [5.41, 5.74) is 2.27. The number of aromatic amines is 1. The van der Waals surface area contributed by atoms with Gasteiger partial charge < -0.3 is 15.0 Å². The predicted molar refractivity (Wildman–Crippen MR) is 114 cm³/mol. The number of ether oxygens (including phenoxy) is 1. The highest BCUT2D eigenvalue weighted by atomic mass is 32.2. The van der Waals surface area contributed by atoms with Gasteiger partial charge in [-0.15, -0.1) is 0 Å². The van der Waals surface area contributed by atoms with Gasteiger partial charge in [0.05, 0.1) is 30.7 Å². The van der Waals surface area contributed by atoms with Gasteiger partial charge in [0.1, 0.15) is 0 Å². The Morgan fingerprint density at radius 3 is 2.77 bits per heavy atom. The molecule has 8 nitrogen and oxygen atoms in total. The Morgan fingerprint density at radius 1 is 1.23 bits per heavy atom. The van der Waals surface area contributed by atoms with Crippen LogP contribution in [0.3, 0.4) is 0 Å². The molecule has 0 spiro atoms. The molecule has 2 N–H and O–H groups in total. The smallest absolute Gasteiger partial charge is 0.243 e. The summed E-state index contributed by atoms with van der Waals surface area (Å²) in [4.78, 5) is 18.3. The van der Waals surface area contributed by atoms with E-state index in [1.807, 2.05) is 18.3 Å². The fraction of sp³-hybridized carbons (Fsp3) is 0.476. The summed E-state index contributed by atoms with van der Waals surface area (Å²) in [5.74, 6) is -0.146. The van der Waals surface area contributed by atoms with E-state index in [1.54, 1.807) is 25.1 Å². The number of hydrogen-bond donors (Lipinski definition) is 2. The second-order valence-corrected chi connectivity index (χ2v) is 9.71. The minimum absolute atomic E-state index is 0.146. The third-order valence-corrected chi connectivity index (χ3v) is 7.79. The van der Waals surface area contributed by atoms with E-state index in [9.17, 15) is 13.2 Å². The van der Waals surface area contributed by atoms with Crippen molar-refractivity contribution in [2.75, 3.05) is 44.7 Å². The van der Waals surface area contributed by atoms with Crippen LogP contribution >= 0.6 is 0 Å². The van der Waals surface area contributed by atoms with Crippen LogP contribution < -0.4 is 5.32 Å². The molecule has 4 rings (SSSR count). The second-order valence-electron chi connectivity index (χ2n) is 7.80. The first-order valence-corrected chi connectivity index (χ1v) is 11.7. The Bertz CT molecular complexity index is 984. The van der Waals surface area contributed by atoms with Gasteiger partial charge in [0, 0.05) is 30.7 Å². The number of amides is 1. The molecule has 2 saturated heterocycles. The van der Waals surface area contributed by atoms with E-state index in [4.69, 9.17) is 4.74 Å². The molecule has 2 fully saturated rings. The number of nitrogens with zero attached hydrogens (tertiary/aromatic N) is 2. The highest BCUT2D eigenvalue weighted by Crippen LogP contribution is 2.30. The zero-order valence-corrected chi connectivity index (χ0v) is 18.0. The van der Waals surface area contributed by atoms with Gasteiger partial charge in [0.25, 0.3) is 0 Å². The topological polar surface area (TPSA) is 94.7 Å². The van der Waals surface area contributed by atoms with Gasteiger partial charge in [-0.2, -0.15) is 4.31 Å². The number of aromatic nitrogens is 1. The zero-order valence-electron chi connectivity index (χ0n) is 17.1. The SMILES string of the molecule is Cc1ccc(NC(=O)CN2CCCC2c2ccc[nH]2)cc1S(=O)(=O)N1CCOCC1. The predicted octanol–water partition coefficient (Wildman–Crippen LogP) is 2.12. The lowest BCUT2D eigenvalue weighted by Crippen LogP contribution is -2.40. The van der Waals surface area contributed by atoms with Gasteiger partial charge >= 0.3 is 0 Å². The molecule has 9 heteroatoms. The van der Waals surface area contributed by atoms with Crippen molar-refractivity contribution in [1.82, 2.24) is 14.2 Å². The zero-order chi connectivity index (χ0) is 21.1. The van der Waals surface area contributed by atoms with Crippen LogP contribution in [-0.4, -0.2) is 67.9 Å². The number of rotatable bonds is 6. The highest BCUT2D eigenvalue weighted by Gasteiger charge is 2.29. The highest BCUT2D eigenvalue weighted by molar-refractivity contribution is 7.89. The van der Waals surface area contributed by atoms with Crippen LogP contribution in [0.5, 0.6) is 0 Å². The Labute approximate surface area is 177 Å². The van der Waals surface area contributed by atoms with Crippen LogP contribution in [0.25, 0.3) is 0 Å². The molecular weight excluding hydrogens is 404 g/mol. The first kappa shape index (κ1) is 21.0. The first-order chi connectivity index (χ1) is 14.4. The molecule has 0 bridgehead atoms. The molecule has 0 aliphatic carbocycles. The van der Waals surface area contributed by atoms with Gasteiger partial charge in [-0.05, 0) is 56.1 Å². The summed E-state index contributed by atoms with van der Waals surface area (Å²) in [7, 11) is -3.62. The van der Waals surface area contributed by atoms with Crippen LogP contribution in [0.4, 0.5) is 5.69 Å². The number of likely N-dealkylation sites (tertiary alicyclic amines) is 1. The number of anilines is 1. The maximum atomic E-state index is 13.0. The summed E-state index contributed by atoms with van der Waals surface area (Å²) < 4.78 is 32.8. The third kappa shape index (κ3) is 4.44. The Hall–Kier alpha value is -2.20. The van der Waals surface area contributed by atoms with Gasteiger partial charge in [0.15, 0.2) is 0 Å². The van der Waals surface area contributed by atoms with Crippen LogP contribution in [0.15, 0.2) is 41.4 Å². The minimum Gasteiger partial charge on any atom is -0.379 e. The van der Waals surface area contributed by atoms with Crippen molar-refractivity contribution in [3.05, 3.63) is 47.8 Å². The van der Waals surface area contributed by atoms with Gasteiger partial charge in [0.2, 0.25) is 15.9 Å². The van der Waals surface area contributed by atoms with Gasteiger partial charge in [-0.3, -0.25) is 9.69 Å². The van der Waals surface area contributed by atoms with E-state index in [2.05, 4.69) is 15.2 Å². The van der Waals surface area contributed by atoms with Crippen LogP contribution in [-0.2, 0) is 19.6 Å². The summed E-state index contributed by atoms with van der Waals surface area (Å²) >= 11 is 0. The number of morpholine rings is 1. The number of carbonyl (C=O) groups excluding carboxylic acids is 1. The molecule has 30 heavy (non-hydrogen) atoms. The number of aryl methyl sites for hydroxylation is 1. The quantitative estimate of drug-likeness (QED) is 0.729. The Balaban J connectivity index is 1.46. The average molecular weight is 433 g/mol. The Kier molecular flexibility index (Phi) is 6.24. The first-order valence-electron chi connectivity index (χ1n) is 10.3. The van der Waals surface area contributed by atoms with Gasteiger partial charge in [-0.25, -0.2) is 8.42 Å². The molecule has 2 aromatic rings. The molecule has 2 aliphatic heterocycles. The third-order valence-electron chi connectivity index (χ3n) is 5.75. The monoisotopic (exact) mass is 432 g/mol. The number of carbonyl (C=O) groups is 1. The molecule has 0 saturated carbocycles.